The van der Waals surface area contributed by atoms with Gasteiger partial charge in [0.15, 0.2) is 0 Å². The Morgan fingerprint density at radius 3 is 2.71 bits per heavy atom. The Balaban J connectivity index is 2.25. The van der Waals surface area contributed by atoms with Crippen molar-refractivity contribution in [2.45, 2.75) is 19.4 Å². The number of aromatic carboxylic acids is 1. The highest BCUT2D eigenvalue weighted by atomic mass is 16.5. The second-order valence-corrected chi connectivity index (χ2v) is 4.91. The molecule has 0 spiro atoms. The Kier molecular flexibility index (Phi) is 4.80. The van der Waals surface area contributed by atoms with Crippen molar-refractivity contribution >= 4 is 11.9 Å². The summed E-state index contributed by atoms with van der Waals surface area (Å²) in [4.78, 5) is 25.3. The summed E-state index contributed by atoms with van der Waals surface area (Å²) < 4.78 is 10.6. The van der Waals surface area contributed by atoms with Gasteiger partial charge in [-0.15, -0.1) is 0 Å². The molecule has 114 valence electrons. The highest BCUT2D eigenvalue weighted by Gasteiger charge is 2.25. The maximum atomic E-state index is 12.5. The van der Waals surface area contributed by atoms with Crippen molar-refractivity contribution in [2.75, 3.05) is 26.8 Å². The largest absolute Gasteiger partial charge is 0.497 e. The van der Waals surface area contributed by atoms with Gasteiger partial charge in [0.05, 0.1) is 25.4 Å². The predicted octanol–water partition coefficient (Wildman–Crippen LogP) is 1.64. The fourth-order valence-corrected chi connectivity index (χ4v) is 2.30. The molecule has 0 radical (unpaired) electrons. The lowest BCUT2D eigenvalue weighted by molar-refractivity contribution is -0.0226. The van der Waals surface area contributed by atoms with Crippen LogP contribution in [0.3, 0.4) is 0 Å². The number of rotatable bonds is 4. The minimum absolute atomic E-state index is 0.0345. The number of amides is 1. The van der Waals surface area contributed by atoms with Gasteiger partial charge in [-0.1, -0.05) is 6.92 Å². The third-order valence-corrected chi connectivity index (χ3v) is 3.52. The van der Waals surface area contributed by atoms with E-state index in [1.807, 2.05) is 6.92 Å². The summed E-state index contributed by atoms with van der Waals surface area (Å²) >= 11 is 0. The summed E-state index contributed by atoms with van der Waals surface area (Å²) in [5.74, 6) is -0.923. The maximum absolute atomic E-state index is 12.5. The lowest BCUT2D eigenvalue weighted by Crippen LogP contribution is -2.45. The number of benzene rings is 1. The van der Waals surface area contributed by atoms with Gasteiger partial charge < -0.3 is 19.5 Å². The van der Waals surface area contributed by atoms with Crippen LogP contribution < -0.4 is 4.74 Å². The van der Waals surface area contributed by atoms with Gasteiger partial charge in [-0.25, -0.2) is 4.79 Å². The average molecular weight is 293 g/mol. The van der Waals surface area contributed by atoms with Gasteiger partial charge in [0.2, 0.25) is 0 Å². The van der Waals surface area contributed by atoms with Crippen LogP contribution in [0.5, 0.6) is 5.75 Å². The molecule has 6 nitrogen and oxygen atoms in total. The first-order valence-corrected chi connectivity index (χ1v) is 6.88. The van der Waals surface area contributed by atoms with Gasteiger partial charge in [-0.05, 0) is 24.6 Å². The number of methoxy groups -OCH3 is 1. The quantitative estimate of drug-likeness (QED) is 0.913. The molecule has 1 fully saturated rings. The van der Waals surface area contributed by atoms with Gasteiger partial charge in [0, 0.05) is 18.7 Å². The summed E-state index contributed by atoms with van der Waals surface area (Å²) in [6.45, 7) is 3.54. The number of carboxylic acid groups (broad SMARTS) is 1. The van der Waals surface area contributed by atoms with Crippen LogP contribution in [-0.2, 0) is 4.74 Å². The molecule has 1 N–H and O–H groups in total. The van der Waals surface area contributed by atoms with E-state index in [0.29, 0.717) is 31.0 Å². The Hall–Kier alpha value is -2.08. The van der Waals surface area contributed by atoms with E-state index in [0.717, 1.165) is 6.42 Å². The molecule has 1 atom stereocenters. The van der Waals surface area contributed by atoms with Gasteiger partial charge in [0.1, 0.15) is 5.75 Å². The first-order valence-electron chi connectivity index (χ1n) is 6.88. The fourth-order valence-electron chi connectivity index (χ4n) is 2.30. The normalized spacial score (nSPS) is 18.4. The van der Waals surface area contributed by atoms with Crippen LogP contribution in [0, 0.1) is 0 Å². The van der Waals surface area contributed by atoms with E-state index < -0.39 is 5.97 Å². The SMILES string of the molecule is CC[C@H]1CN(C(=O)c2cc(OC)cc(C(=O)O)c2)CCO1. The molecule has 6 heteroatoms. The maximum Gasteiger partial charge on any atom is 0.335 e. The van der Waals surface area contributed by atoms with Crippen molar-refractivity contribution in [3.63, 3.8) is 0 Å². The molecule has 1 aliphatic rings. The number of ether oxygens (including phenoxy) is 2. The smallest absolute Gasteiger partial charge is 0.335 e. The molecule has 21 heavy (non-hydrogen) atoms. The van der Waals surface area contributed by atoms with E-state index in [9.17, 15) is 9.59 Å². The number of carbonyl (C=O) groups is 2. The minimum atomic E-state index is -1.09. The van der Waals surface area contributed by atoms with Crippen LogP contribution in [0.2, 0.25) is 0 Å². The summed E-state index contributed by atoms with van der Waals surface area (Å²) in [5.41, 5.74) is 0.363. The second-order valence-electron chi connectivity index (χ2n) is 4.91. The summed E-state index contributed by atoms with van der Waals surface area (Å²) in [7, 11) is 1.44. The minimum Gasteiger partial charge on any atom is -0.497 e. The summed E-state index contributed by atoms with van der Waals surface area (Å²) in [6, 6.07) is 4.34. The predicted molar refractivity (Wildman–Crippen MR) is 75.9 cm³/mol. The van der Waals surface area contributed by atoms with Crippen LogP contribution in [0.4, 0.5) is 0 Å². The highest BCUT2D eigenvalue weighted by molar-refractivity contribution is 5.98. The molecule has 1 heterocycles. The standard InChI is InChI=1S/C15H19NO5/c1-3-12-9-16(4-5-21-12)14(17)10-6-11(15(18)19)8-13(7-10)20-2/h6-8,12H,3-5,9H2,1-2H3,(H,18,19)/t12-/m0/s1. The Labute approximate surface area is 123 Å². The molecule has 1 amide bonds. The molecule has 0 bridgehead atoms. The van der Waals surface area contributed by atoms with Crippen LogP contribution in [0.25, 0.3) is 0 Å². The molecule has 0 aliphatic carbocycles. The Morgan fingerprint density at radius 2 is 2.10 bits per heavy atom. The Morgan fingerprint density at radius 1 is 1.38 bits per heavy atom. The van der Waals surface area contributed by atoms with Gasteiger partial charge in [-0.3, -0.25) is 4.79 Å². The summed E-state index contributed by atoms with van der Waals surface area (Å²) in [6.07, 6.45) is 0.870. The molecule has 1 saturated heterocycles. The molecule has 1 aliphatic heterocycles. The van der Waals surface area contributed by atoms with Crippen LogP contribution in [-0.4, -0.2) is 54.8 Å². The van der Waals surface area contributed by atoms with Crippen LogP contribution in [0.15, 0.2) is 18.2 Å². The lowest BCUT2D eigenvalue weighted by atomic mass is 10.1. The van der Waals surface area contributed by atoms with Gasteiger partial charge in [0.25, 0.3) is 5.91 Å². The van der Waals surface area contributed by atoms with Crippen molar-refractivity contribution in [3.05, 3.63) is 29.3 Å². The molecular weight excluding hydrogens is 274 g/mol. The fraction of sp³-hybridized carbons (Fsp3) is 0.467. The van der Waals surface area contributed by atoms with Crippen molar-refractivity contribution in [3.8, 4) is 5.75 Å². The summed E-state index contributed by atoms with van der Waals surface area (Å²) in [5, 5.41) is 9.10. The molecule has 1 aromatic carbocycles. The molecular formula is C15H19NO5. The lowest BCUT2D eigenvalue weighted by Gasteiger charge is -2.32. The van der Waals surface area contributed by atoms with E-state index in [1.165, 1.54) is 19.2 Å². The molecule has 0 aromatic heterocycles. The number of morpholine rings is 1. The zero-order valence-electron chi connectivity index (χ0n) is 12.2. The Bertz CT molecular complexity index is 543. The van der Waals surface area contributed by atoms with Crippen molar-refractivity contribution in [1.29, 1.82) is 0 Å². The first kappa shape index (κ1) is 15.3. The van der Waals surface area contributed by atoms with E-state index in [-0.39, 0.29) is 17.6 Å². The number of hydrogen-bond acceptors (Lipinski definition) is 4. The van der Waals surface area contributed by atoms with Crippen LogP contribution in [0.1, 0.15) is 34.1 Å². The average Bonchev–Trinajstić information content (AvgIpc) is 2.53. The first-order chi connectivity index (χ1) is 10.0. The molecule has 2 rings (SSSR count). The topological polar surface area (TPSA) is 76.1 Å². The van der Waals surface area contributed by atoms with Gasteiger partial charge in [-0.2, -0.15) is 0 Å². The number of hydrogen-bond donors (Lipinski definition) is 1. The zero-order chi connectivity index (χ0) is 15.4. The number of nitrogens with zero attached hydrogens (tertiary/aromatic N) is 1. The zero-order valence-corrected chi connectivity index (χ0v) is 12.2. The molecule has 0 unspecified atom stereocenters. The number of carbonyl (C=O) groups excluding carboxylic acids is 1. The van der Waals surface area contributed by atoms with Crippen molar-refractivity contribution in [2.24, 2.45) is 0 Å². The number of carboxylic acids is 1. The third-order valence-electron chi connectivity index (χ3n) is 3.52. The van der Waals surface area contributed by atoms with E-state index in [1.54, 1.807) is 11.0 Å². The van der Waals surface area contributed by atoms with Crippen molar-refractivity contribution in [1.82, 2.24) is 4.90 Å². The highest BCUT2D eigenvalue weighted by Crippen LogP contribution is 2.20. The molecule has 1 aromatic rings. The van der Waals surface area contributed by atoms with E-state index in [2.05, 4.69) is 0 Å². The van der Waals surface area contributed by atoms with E-state index >= 15 is 0 Å². The van der Waals surface area contributed by atoms with E-state index in [4.69, 9.17) is 14.6 Å². The van der Waals surface area contributed by atoms with Crippen molar-refractivity contribution < 1.29 is 24.2 Å². The second kappa shape index (κ2) is 6.58. The third kappa shape index (κ3) is 3.52. The molecule has 0 saturated carbocycles. The van der Waals surface area contributed by atoms with Crippen LogP contribution >= 0.6 is 0 Å². The van der Waals surface area contributed by atoms with Gasteiger partial charge >= 0.3 is 5.97 Å². The monoisotopic (exact) mass is 293 g/mol.